The fraction of sp³-hybridized carbons (Fsp3) is 0.462. The number of rotatable bonds is 7. The van der Waals surface area contributed by atoms with Gasteiger partial charge in [-0.2, -0.15) is 4.31 Å². The first-order valence-corrected chi connectivity index (χ1v) is 13.5. The molecule has 0 spiro atoms. The molecule has 0 saturated carbocycles. The molecule has 2 aliphatic heterocycles. The molecule has 2 aromatic rings. The molecule has 2 saturated heterocycles. The summed E-state index contributed by atoms with van der Waals surface area (Å²) in [5, 5.41) is 0. The molecule has 0 aromatic heterocycles. The molecule has 0 N–H and O–H groups in total. The van der Waals surface area contributed by atoms with Crippen LogP contribution in [0.4, 0.5) is 0 Å². The maximum atomic E-state index is 13.1. The molecule has 2 aromatic carbocycles. The van der Waals surface area contributed by atoms with Crippen molar-refractivity contribution < 1.29 is 18.0 Å². The van der Waals surface area contributed by atoms with Crippen LogP contribution in [0, 0.1) is 6.92 Å². The lowest BCUT2D eigenvalue weighted by Gasteiger charge is -2.41. The van der Waals surface area contributed by atoms with Gasteiger partial charge < -0.3 is 9.80 Å². The lowest BCUT2D eigenvalue weighted by atomic mass is 10.0. The van der Waals surface area contributed by atoms with Crippen LogP contribution in [0.25, 0.3) is 0 Å². The quantitative estimate of drug-likeness (QED) is 0.568. The van der Waals surface area contributed by atoms with Crippen molar-refractivity contribution in [2.24, 2.45) is 0 Å². The zero-order chi connectivity index (χ0) is 24.3. The van der Waals surface area contributed by atoms with E-state index in [1.165, 1.54) is 4.31 Å². The number of hydrogen-bond donors (Lipinski definition) is 0. The molecule has 0 atom stereocenters. The van der Waals surface area contributed by atoms with Crippen LogP contribution in [0.3, 0.4) is 0 Å². The summed E-state index contributed by atoms with van der Waals surface area (Å²) >= 11 is 0. The van der Waals surface area contributed by atoms with Gasteiger partial charge in [0.25, 0.3) is 0 Å². The van der Waals surface area contributed by atoms with Crippen LogP contribution in [-0.4, -0.2) is 66.6 Å². The van der Waals surface area contributed by atoms with E-state index in [1.54, 1.807) is 21.9 Å². The molecular formula is C26H33N3O4S. The summed E-state index contributed by atoms with van der Waals surface area (Å²) < 4.78 is 27.7. The third kappa shape index (κ3) is 5.18. The maximum absolute atomic E-state index is 13.1. The van der Waals surface area contributed by atoms with E-state index in [2.05, 4.69) is 6.92 Å². The number of amides is 2. The van der Waals surface area contributed by atoms with Gasteiger partial charge in [-0.25, -0.2) is 8.42 Å². The Morgan fingerprint density at radius 2 is 1.44 bits per heavy atom. The molecular weight excluding hydrogens is 450 g/mol. The Labute approximate surface area is 202 Å². The molecule has 2 fully saturated rings. The summed E-state index contributed by atoms with van der Waals surface area (Å²) in [6.07, 6.45) is 3.01. The zero-order valence-electron chi connectivity index (χ0n) is 19.9. The van der Waals surface area contributed by atoms with Gasteiger partial charge in [-0.1, -0.05) is 55.3 Å². The average Bonchev–Trinajstić information content (AvgIpc) is 2.84. The number of benzene rings is 2. The molecule has 2 amide bonds. The molecule has 0 bridgehead atoms. The number of carbonyl (C=O) groups is 2. The normalized spacial score (nSPS) is 18.5. The fourth-order valence-electron chi connectivity index (χ4n) is 4.76. The van der Waals surface area contributed by atoms with E-state index < -0.39 is 21.8 Å². The van der Waals surface area contributed by atoms with Crippen LogP contribution >= 0.6 is 0 Å². The van der Waals surface area contributed by atoms with Crippen LogP contribution in [0.15, 0.2) is 53.4 Å². The molecule has 8 heteroatoms. The maximum Gasteiger partial charge on any atom is 0.312 e. The largest absolute Gasteiger partial charge is 0.330 e. The van der Waals surface area contributed by atoms with Crippen molar-refractivity contribution in [1.82, 2.24) is 14.1 Å². The molecule has 182 valence electrons. The molecule has 0 unspecified atom stereocenters. The smallest absolute Gasteiger partial charge is 0.312 e. The van der Waals surface area contributed by atoms with Crippen molar-refractivity contribution in [3.8, 4) is 0 Å². The minimum atomic E-state index is -3.56. The van der Waals surface area contributed by atoms with Crippen molar-refractivity contribution in [2.45, 2.75) is 57.0 Å². The van der Waals surface area contributed by atoms with Crippen molar-refractivity contribution >= 4 is 21.8 Å². The average molecular weight is 484 g/mol. The Balaban J connectivity index is 1.34. The predicted molar refractivity (Wildman–Crippen MR) is 131 cm³/mol. The van der Waals surface area contributed by atoms with Crippen molar-refractivity contribution in [3.63, 3.8) is 0 Å². The predicted octanol–water partition coefficient (Wildman–Crippen LogP) is 2.97. The van der Waals surface area contributed by atoms with Gasteiger partial charge in [0.15, 0.2) is 0 Å². The minimum absolute atomic E-state index is 0.114. The molecule has 7 nitrogen and oxygen atoms in total. The van der Waals surface area contributed by atoms with E-state index >= 15 is 0 Å². The van der Waals surface area contributed by atoms with Gasteiger partial charge in [-0.15, -0.1) is 0 Å². The number of aryl methyl sites for hydroxylation is 2. The molecule has 4 rings (SSSR count). The molecule has 34 heavy (non-hydrogen) atoms. The van der Waals surface area contributed by atoms with Crippen LogP contribution in [0.1, 0.15) is 42.9 Å². The van der Waals surface area contributed by atoms with Gasteiger partial charge in [-0.3, -0.25) is 9.59 Å². The number of nitrogens with zero attached hydrogens (tertiary/aromatic N) is 3. The topological polar surface area (TPSA) is 78.0 Å². The van der Waals surface area contributed by atoms with E-state index in [-0.39, 0.29) is 6.04 Å². The monoisotopic (exact) mass is 483 g/mol. The summed E-state index contributed by atoms with van der Waals surface area (Å²) in [4.78, 5) is 29.2. The third-order valence-corrected chi connectivity index (χ3v) is 8.71. The Hall–Kier alpha value is -2.71. The third-order valence-electron chi connectivity index (χ3n) is 6.80. The molecule has 2 aliphatic rings. The Kier molecular flexibility index (Phi) is 7.38. The summed E-state index contributed by atoms with van der Waals surface area (Å²) in [6.45, 7) is 6.18. The van der Waals surface area contributed by atoms with E-state index in [0.717, 1.165) is 29.5 Å². The second kappa shape index (κ2) is 10.3. The second-order valence-electron chi connectivity index (χ2n) is 9.24. The number of piperidine rings is 1. The number of hydrogen-bond acceptors (Lipinski definition) is 4. The zero-order valence-corrected chi connectivity index (χ0v) is 20.8. The van der Waals surface area contributed by atoms with Gasteiger partial charge in [0.1, 0.15) is 0 Å². The van der Waals surface area contributed by atoms with Crippen LogP contribution < -0.4 is 0 Å². The first-order valence-electron chi connectivity index (χ1n) is 12.0. The minimum Gasteiger partial charge on any atom is -0.330 e. The number of carbonyl (C=O) groups excluding carboxylic acids is 2. The molecule has 2 heterocycles. The van der Waals surface area contributed by atoms with Crippen LogP contribution in [0.5, 0.6) is 0 Å². The van der Waals surface area contributed by atoms with Gasteiger partial charge in [0.2, 0.25) is 10.0 Å². The van der Waals surface area contributed by atoms with Crippen molar-refractivity contribution in [3.05, 3.63) is 65.2 Å². The summed E-state index contributed by atoms with van der Waals surface area (Å²) in [5.74, 6) is -0.958. The number of sulfonamides is 1. The van der Waals surface area contributed by atoms with Gasteiger partial charge in [0.05, 0.1) is 4.90 Å². The van der Waals surface area contributed by atoms with Crippen molar-refractivity contribution in [1.29, 1.82) is 0 Å². The SMILES string of the molecule is CCCc1ccc(S(=O)(=O)N2CCC(N3CCN(Cc4ccc(C)cc4)C(=O)C3=O)CC2)cc1. The lowest BCUT2D eigenvalue weighted by Crippen LogP contribution is -2.58. The van der Waals surface area contributed by atoms with E-state index in [4.69, 9.17) is 0 Å². The summed E-state index contributed by atoms with van der Waals surface area (Å²) in [5.41, 5.74) is 3.28. The summed E-state index contributed by atoms with van der Waals surface area (Å²) in [6, 6.07) is 15.0. The molecule has 0 aliphatic carbocycles. The highest BCUT2D eigenvalue weighted by atomic mass is 32.2. The Bertz CT molecular complexity index is 1120. The van der Waals surface area contributed by atoms with Gasteiger partial charge in [0, 0.05) is 38.8 Å². The Morgan fingerprint density at radius 3 is 2.06 bits per heavy atom. The standard InChI is InChI=1S/C26H33N3O4S/c1-3-4-21-9-11-24(12-10-21)34(32,33)28-15-13-23(14-16-28)29-18-17-27(25(30)26(29)31)19-22-7-5-20(2)6-8-22/h5-12,23H,3-4,13-19H2,1-2H3. The fourth-order valence-corrected chi connectivity index (χ4v) is 6.23. The van der Waals surface area contributed by atoms with Crippen LogP contribution in [-0.2, 0) is 32.6 Å². The molecule has 0 radical (unpaired) electrons. The van der Waals surface area contributed by atoms with Crippen LogP contribution in [0.2, 0.25) is 0 Å². The first kappa shape index (κ1) is 24.4. The Morgan fingerprint density at radius 1 is 0.824 bits per heavy atom. The van der Waals surface area contributed by atoms with Gasteiger partial charge >= 0.3 is 11.8 Å². The van der Waals surface area contributed by atoms with E-state index in [1.807, 2.05) is 43.3 Å². The van der Waals surface area contributed by atoms with E-state index in [0.29, 0.717) is 50.5 Å². The number of piperazine rings is 1. The highest BCUT2D eigenvalue weighted by Crippen LogP contribution is 2.25. The lowest BCUT2D eigenvalue weighted by molar-refractivity contribution is -0.158. The first-order chi connectivity index (χ1) is 16.3. The second-order valence-corrected chi connectivity index (χ2v) is 11.2. The van der Waals surface area contributed by atoms with Gasteiger partial charge in [-0.05, 0) is 49.4 Å². The highest BCUT2D eigenvalue weighted by molar-refractivity contribution is 7.89. The van der Waals surface area contributed by atoms with E-state index in [9.17, 15) is 18.0 Å². The summed E-state index contributed by atoms with van der Waals surface area (Å²) in [7, 11) is -3.56. The van der Waals surface area contributed by atoms with Crippen molar-refractivity contribution in [2.75, 3.05) is 26.2 Å². The highest BCUT2D eigenvalue weighted by Gasteiger charge is 2.39.